The van der Waals surface area contributed by atoms with Crippen molar-refractivity contribution in [3.8, 4) is 0 Å². The number of benzene rings is 2. The Bertz CT molecular complexity index is 1320. The number of fused-ring (bicyclic) bond motifs is 2. The van der Waals surface area contributed by atoms with E-state index in [1.165, 1.54) is 6.07 Å². The van der Waals surface area contributed by atoms with Gasteiger partial charge in [-0.2, -0.15) is 9.61 Å². The lowest BCUT2D eigenvalue weighted by Gasteiger charge is -2.10. The molecule has 0 radical (unpaired) electrons. The standard InChI is InChI=1S/C19H13IN4O4/c1-23-15-7-6-12(21-17(25)10-2-4-11(20)5-3-10)8-13(15)18(26)24-16(23)9-14(22-24)19(27)28/h2-9H,1H3,(H,21,25)(H,27,28). The van der Waals surface area contributed by atoms with E-state index in [1.54, 1.807) is 41.9 Å². The van der Waals surface area contributed by atoms with Crippen LogP contribution in [0.5, 0.6) is 0 Å². The number of aromatic carboxylic acids is 1. The molecule has 0 aliphatic heterocycles. The molecule has 9 heteroatoms. The summed E-state index contributed by atoms with van der Waals surface area (Å²) >= 11 is 2.16. The highest BCUT2D eigenvalue weighted by molar-refractivity contribution is 14.1. The minimum atomic E-state index is -1.21. The molecule has 1 amide bonds. The molecule has 2 N–H and O–H groups in total. The third-order valence-electron chi connectivity index (χ3n) is 4.40. The molecule has 8 nitrogen and oxygen atoms in total. The molecule has 4 rings (SSSR count). The molecule has 0 saturated heterocycles. The number of aromatic nitrogens is 3. The summed E-state index contributed by atoms with van der Waals surface area (Å²) in [6.45, 7) is 0. The highest BCUT2D eigenvalue weighted by atomic mass is 127. The van der Waals surface area contributed by atoms with E-state index in [9.17, 15) is 14.4 Å². The number of carboxylic acid groups (broad SMARTS) is 1. The van der Waals surface area contributed by atoms with E-state index in [0.29, 0.717) is 27.8 Å². The first kappa shape index (κ1) is 18.2. The summed E-state index contributed by atoms with van der Waals surface area (Å²) in [5, 5.41) is 16.1. The number of amides is 1. The molecule has 0 unspecified atom stereocenters. The van der Waals surface area contributed by atoms with Crippen molar-refractivity contribution in [3.05, 3.63) is 73.7 Å². The van der Waals surface area contributed by atoms with Crippen molar-refractivity contribution in [2.45, 2.75) is 0 Å². The van der Waals surface area contributed by atoms with Crippen LogP contribution in [0, 0.1) is 3.57 Å². The summed E-state index contributed by atoms with van der Waals surface area (Å²) in [4.78, 5) is 36.4. The number of hydrogen-bond acceptors (Lipinski definition) is 4. The molecule has 2 heterocycles. The lowest BCUT2D eigenvalue weighted by atomic mass is 10.2. The quantitative estimate of drug-likeness (QED) is 0.432. The second-order valence-electron chi connectivity index (χ2n) is 6.16. The van der Waals surface area contributed by atoms with Gasteiger partial charge in [0.2, 0.25) is 0 Å². The second-order valence-corrected chi connectivity index (χ2v) is 7.41. The van der Waals surface area contributed by atoms with Gasteiger partial charge < -0.3 is 15.0 Å². The normalized spacial score (nSPS) is 11.1. The molecule has 2 aromatic heterocycles. The average molecular weight is 488 g/mol. The van der Waals surface area contributed by atoms with Crippen LogP contribution in [-0.4, -0.2) is 31.2 Å². The highest BCUT2D eigenvalue weighted by Gasteiger charge is 2.16. The smallest absolute Gasteiger partial charge is 0.356 e. The monoisotopic (exact) mass is 488 g/mol. The lowest BCUT2D eigenvalue weighted by Crippen LogP contribution is -2.19. The fourth-order valence-corrected chi connectivity index (χ4v) is 3.34. The van der Waals surface area contributed by atoms with Crippen molar-refractivity contribution in [1.82, 2.24) is 14.2 Å². The predicted octanol–water partition coefficient (Wildman–Crippen LogP) is 2.74. The number of nitrogens with one attached hydrogen (secondary N) is 1. The van der Waals surface area contributed by atoms with Crippen molar-refractivity contribution in [3.63, 3.8) is 0 Å². The number of nitrogens with zero attached hydrogens (tertiary/aromatic N) is 3. The Hall–Kier alpha value is -3.21. The van der Waals surface area contributed by atoms with E-state index < -0.39 is 11.5 Å². The van der Waals surface area contributed by atoms with Crippen LogP contribution in [0.2, 0.25) is 0 Å². The summed E-state index contributed by atoms with van der Waals surface area (Å²) in [6.07, 6.45) is 0. The van der Waals surface area contributed by atoms with Gasteiger partial charge in [-0.25, -0.2) is 4.79 Å². The summed E-state index contributed by atoms with van der Waals surface area (Å²) in [7, 11) is 1.72. The van der Waals surface area contributed by atoms with Gasteiger partial charge in [-0.15, -0.1) is 0 Å². The molecule has 0 aliphatic rings. The minimum absolute atomic E-state index is 0.213. The third-order valence-corrected chi connectivity index (χ3v) is 5.12. The summed E-state index contributed by atoms with van der Waals surface area (Å²) < 4.78 is 3.75. The first-order valence-corrected chi connectivity index (χ1v) is 9.26. The van der Waals surface area contributed by atoms with E-state index >= 15 is 0 Å². The van der Waals surface area contributed by atoms with E-state index in [-0.39, 0.29) is 11.6 Å². The molecule has 0 saturated carbocycles. The fraction of sp³-hybridized carbons (Fsp3) is 0.0526. The number of carbonyl (C=O) groups is 2. The van der Waals surface area contributed by atoms with Crippen LogP contribution in [0.15, 0.2) is 53.3 Å². The van der Waals surface area contributed by atoms with Crippen molar-refractivity contribution >= 4 is 56.7 Å². The number of anilines is 1. The zero-order valence-corrected chi connectivity index (χ0v) is 16.7. The van der Waals surface area contributed by atoms with E-state index in [4.69, 9.17) is 5.11 Å². The van der Waals surface area contributed by atoms with Crippen LogP contribution in [0.3, 0.4) is 0 Å². The Balaban J connectivity index is 1.80. The van der Waals surface area contributed by atoms with Gasteiger partial charge in [-0.1, -0.05) is 0 Å². The van der Waals surface area contributed by atoms with Gasteiger partial charge in [0.15, 0.2) is 5.69 Å². The number of rotatable bonds is 3. The Morgan fingerprint density at radius 2 is 1.82 bits per heavy atom. The van der Waals surface area contributed by atoms with Crippen molar-refractivity contribution < 1.29 is 14.7 Å². The van der Waals surface area contributed by atoms with Gasteiger partial charge in [0.1, 0.15) is 5.65 Å². The molecule has 0 spiro atoms. The van der Waals surface area contributed by atoms with Gasteiger partial charge in [0.05, 0.1) is 10.9 Å². The topological polar surface area (TPSA) is 106 Å². The number of halogens is 1. The maximum absolute atomic E-state index is 12.8. The average Bonchev–Trinajstić information content (AvgIpc) is 3.13. The van der Waals surface area contributed by atoms with E-state index in [1.807, 2.05) is 12.1 Å². The largest absolute Gasteiger partial charge is 0.476 e. The Kier molecular flexibility index (Phi) is 4.38. The van der Waals surface area contributed by atoms with Crippen LogP contribution < -0.4 is 10.9 Å². The maximum Gasteiger partial charge on any atom is 0.356 e. The minimum Gasteiger partial charge on any atom is -0.476 e. The molecule has 0 aliphatic carbocycles. The molecule has 140 valence electrons. The number of carboxylic acids is 1. The fourth-order valence-electron chi connectivity index (χ4n) is 2.98. The first-order valence-electron chi connectivity index (χ1n) is 8.18. The zero-order valence-electron chi connectivity index (χ0n) is 14.5. The predicted molar refractivity (Wildman–Crippen MR) is 112 cm³/mol. The second kappa shape index (κ2) is 6.75. The molecule has 2 aromatic carbocycles. The zero-order chi connectivity index (χ0) is 20.0. The Morgan fingerprint density at radius 3 is 2.50 bits per heavy atom. The van der Waals surface area contributed by atoms with Crippen molar-refractivity contribution in [2.75, 3.05) is 5.32 Å². The number of hydrogen-bond donors (Lipinski definition) is 2. The molecular weight excluding hydrogens is 475 g/mol. The summed E-state index contributed by atoms with van der Waals surface area (Å²) in [5.74, 6) is -1.50. The molecule has 0 fully saturated rings. The number of aryl methyl sites for hydroxylation is 1. The van der Waals surface area contributed by atoms with Crippen LogP contribution >= 0.6 is 22.6 Å². The summed E-state index contributed by atoms with van der Waals surface area (Å²) in [5.41, 5.74) is 1.25. The van der Waals surface area contributed by atoms with Gasteiger partial charge in [0.25, 0.3) is 11.5 Å². The Labute approximate surface area is 171 Å². The van der Waals surface area contributed by atoms with Crippen molar-refractivity contribution in [2.24, 2.45) is 7.05 Å². The van der Waals surface area contributed by atoms with Crippen LogP contribution in [-0.2, 0) is 7.05 Å². The van der Waals surface area contributed by atoms with Gasteiger partial charge in [-0.3, -0.25) is 9.59 Å². The Morgan fingerprint density at radius 1 is 1.11 bits per heavy atom. The lowest BCUT2D eigenvalue weighted by molar-refractivity contribution is 0.0690. The van der Waals surface area contributed by atoms with Gasteiger partial charge >= 0.3 is 5.97 Å². The van der Waals surface area contributed by atoms with Crippen LogP contribution in [0.4, 0.5) is 5.69 Å². The highest BCUT2D eigenvalue weighted by Crippen LogP contribution is 2.19. The van der Waals surface area contributed by atoms with Crippen LogP contribution in [0.1, 0.15) is 20.8 Å². The van der Waals surface area contributed by atoms with Gasteiger partial charge in [0, 0.05) is 27.9 Å². The maximum atomic E-state index is 12.8. The number of carbonyl (C=O) groups excluding carboxylic acids is 1. The van der Waals surface area contributed by atoms with Gasteiger partial charge in [-0.05, 0) is 65.1 Å². The molecule has 4 aromatic rings. The van der Waals surface area contributed by atoms with E-state index in [2.05, 4.69) is 33.0 Å². The molecular formula is C19H13IN4O4. The molecule has 0 atom stereocenters. The first-order chi connectivity index (χ1) is 13.3. The molecule has 0 bridgehead atoms. The van der Waals surface area contributed by atoms with Crippen LogP contribution in [0.25, 0.3) is 16.6 Å². The third kappa shape index (κ3) is 3.03. The summed E-state index contributed by atoms with van der Waals surface area (Å²) in [6, 6.07) is 13.4. The SMILES string of the molecule is Cn1c2ccc(NC(=O)c3ccc(I)cc3)cc2c(=O)n2nc(C(=O)O)cc12. The van der Waals surface area contributed by atoms with Crippen molar-refractivity contribution in [1.29, 1.82) is 0 Å². The van der Waals surface area contributed by atoms with E-state index in [0.717, 1.165) is 8.09 Å². The molecule has 28 heavy (non-hydrogen) atoms.